The first-order valence-electron chi connectivity index (χ1n) is 13.4. The van der Waals surface area contributed by atoms with E-state index in [1.165, 1.54) is 6.33 Å². The molecule has 1 aliphatic rings. The van der Waals surface area contributed by atoms with Gasteiger partial charge in [0.1, 0.15) is 11.3 Å². The van der Waals surface area contributed by atoms with Gasteiger partial charge in [0.25, 0.3) is 0 Å². The van der Waals surface area contributed by atoms with E-state index in [-0.39, 0.29) is 23.1 Å². The van der Waals surface area contributed by atoms with Crippen LogP contribution in [0.5, 0.6) is 5.75 Å². The largest absolute Gasteiger partial charge is 0.489 e. The van der Waals surface area contributed by atoms with Crippen LogP contribution in [0.25, 0.3) is 11.2 Å². The predicted molar refractivity (Wildman–Crippen MR) is 157 cm³/mol. The molecule has 0 unspecified atom stereocenters. The lowest BCUT2D eigenvalue weighted by Crippen LogP contribution is -2.35. The molecule has 2 aromatic carbocycles. The molecule has 3 heterocycles. The maximum Gasteiger partial charge on any atom is 0.231 e. The normalized spacial score (nSPS) is 14.7. The Labute approximate surface area is 233 Å². The summed E-state index contributed by atoms with van der Waals surface area (Å²) in [4.78, 5) is 19.0. The van der Waals surface area contributed by atoms with Crippen LogP contribution in [0.2, 0.25) is 0 Å². The summed E-state index contributed by atoms with van der Waals surface area (Å²) < 4.78 is 32.2. The predicted octanol–water partition coefficient (Wildman–Crippen LogP) is 4.77. The van der Waals surface area contributed by atoms with Crippen LogP contribution in [0, 0.1) is 0 Å². The lowest BCUT2D eigenvalue weighted by atomic mass is 10.1. The highest BCUT2D eigenvalue weighted by atomic mass is 32.2. The van der Waals surface area contributed by atoms with E-state index in [0.29, 0.717) is 34.1 Å². The third-order valence-electron chi connectivity index (χ3n) is 6.76. The van der Waals surface area contributed by atoms with Crippen molar-refractivity contribution in [2.24, 2.45) is 0 Å². The van der Waals surface area contributed by atoms with Crippen molar-refractivity contribution in [3.05, 3.63) is 48.8 Å². The number of hydrogen-bond donors (Lipinski definition) is 4. The van der Waals surface area contributed by atoms with Crippen LogP contribution in [0.4, 0.5) is 28.8 Å². The average molecular weight is 566 g/mol. The Hall–Kier alpha value is -3.90. The Morgan fingerprint density at radius 1 is 1.02 bits per heavy atom. The number of nitrogens with one attached hydrogen (secondary N) is 3. The van der Waals surface area contributed by atoms with Gasteiger partial charge in [0.15, 0.2) is 21.3 Å². The van der Waals surface area contributed by atoms with E-state index in [2.05, 4.69) is 35.5 Å². The molecule has 11 nitrogen and oxygen atoms in total. The molecule has 1 aliphatic heterocycles. The number of para-hydroxylation sites is 1. The molecule has 1 fully saturated rings. The first-order valence-corrected chi connectivity index (χ1v) is 15.0. The number of aliphatic hydroxyl groups is 1. The number of nitrogens with zero attached hydrogens (tertiary/aromatic N) is 4. The molecular formula is C28H35N7O4S. The minimum absolute atomic E-state index is 0.0645. The number of imidazole rings is 1. The van der Waals surface area contributed by atoms with Crippen LogP contribution < -0.4 is 20.3 Å². The molecule has 0 bridgehead atoms. The number of rotatable bonds is 9. The van der Waals surface area contributed by atoms with Crippen molar-refractivity contribution >= 4 is 49.8 Å². The quantitative estimate of drug-likeness (QED) is 0.224. The molecule has 0 radical (unpaired) electrons. The van der Waals surface area contributed by atoms with Crippen LogP contribution in [0.15, 0.2) is 53.7 Å². The van der Waals surface area contributed by atoms with Gasteiger partial charge in [0.05, 0.1) is 40.1 Å². The standard InChI is InChI=1S/C28H35N7O4S/c1-17(2)39-23-15-19(35-13-11-20(36)12-14-35)9-10-21(23)32-28-33-26-25(29-16-30-26)27(34-28)31-22-7-5-6-8-24(22)40(37,38)18(3)4/h5-10,15-18,20,36H,11-14H2,1-4H3,(H3,29,30,31,32,33,34). The van der Waals surface area contributed by atoms with Gasteiger partial charge in [-0.05, 0) is 64.8 Å². The number of sulfone groups is 1. The minimum atomic E-state index is -3.54. The van der Waals surface area contributed by atoms with E-state index in [4.69, 9.17) is 4.74 Å². The maximum absolute atomic E-state index is 13.0. The Kier molecular flexibility index (Phi) is 7.81. The molecule has 12 heteroatoms. The van der Waals surface area contributed by atoms with E-state index in [0.717, 1.165) is 31.6 Å². The van der Waals surface area contributed by atoms with E-state index in [1.54, 1.807) is 38.1 Å². The number of anilines is 5. The summed E-state index contributed by atoms with van der Waals surface area (Å²) in [6.07, 6.45) is 2.66. The molecule has 4 N–H and O–H groups in total. The number of aliphatic hydroxyl groups excluding tert-OH is 1. The van der Waals surface area contributed by atoms with Crippen molar-refractivity contribution in [3.63, 3.8) is 0 Å². The van der Waals surface area contributed by atoms with E-state index < -0.39 is 15.1 Å². The fourth-order valence-corrected chi connectivity index (χ4v) is 5.79. The zero-order chi connectivity index (χ0) is 28.4. The van der Waals surface area contributed by atoms with E-state index >= 15 is 0 Å². The van der Waals surface area contributed by atoms with Gasteiger partial charge in [0.2, 0.25) is 5.95 Å². The molecule has 1 saturated heterocycles. The molecule has 2 aromatic heterocycles. The summed E-state index contributed by atoms with van der Waals surface area (Å²) >= 11 is 0. The highest BCUT2D eigenvalue weighted by Crippen LogP contribution is 2.35. The lowest BCUT2D eigenvalue weighted by Gasteiger charge is -2.32. The van der Waals surface area contributed by atoms with Gasteiger partial charge in [0, 0.05) is 24.8 Å². The first-order chi connectivity index (χ1) is 19.1. The fraction of sp³-hybridized carbons (Fsp3) is 0.393. The first kappa shape index (κ1) is 27.7. The summed E-state index contributed by atoms with van der Waals surface area (Å²) in [6, 6.07) is 12.7. The molecule has 212 valence electrons. The van der Waals surface area contributed by atoms with Crippen molar-refractivity contribution in [1.29, 1.82) is 0 Å². The summed E-state index contributed by atoms with van der Waals surface area (Å²) in [6.45, 7) is 8.79. The van der Waals surface area contributed by atoms with Gasteiger partial charge in [-0.15, -0.1) is 0 Å². The molecule has 5 rings (SSSR count). The van der Waals surface area contributed by atoms with E-state index in [1.807, 2.05) is 32.0 Å². The second kappa shape index (κ2) is 11.3. The molecule has 4 aromatic rings. The Bertz CT molecular complexity index is 1600. The highest BCUT2D eigenvalue weighted by molar-refractivity contribution is 7.92. The molecule has 0 aliphatic carbocycles. The van der Waals surface area contributed by atoms with Crippen LogP contribution >= 0.6 is 0 Å². The summed E-state index contributed by atoms with van der Waals surface area (Å²) in [5, 5.41) is 15.8. The van der Waals surface area contributed by atoms with Crippen molar-refractivity contribution in [3.8, 4) is 5.75 Å². The van der Waals surface area contributed by atoms with Gasteiger partial charge in [-0.3, -0.25) is 0 Å². The van der Waals surface area contributed by atoms with Gasteiger partial charge in [-0.25, -0.2) is 13.4 Å². The van der Waals surface area contributed by atoms with Crippen molar-refractivity contribution in [2.45, 2.75) is 62.9 Å². The average Bonchev–Trinajstić information content (AvgIpc) is 3.39. The molecule has 0 spiro atoms. The number of piperidine rings is 1. The molecule has 40 heavy (non-hydrogen) atoms. The number of H-pyrrole nitrogens is 1. The number of ether oxygens (including phenoxy) is 1. The molecule has 0 amide bonds. The van der Waals surface area contributed by atoms with Gasteiger partial charge < -0.3 is 30.4 Å². The Morgan fingerprint density at radius 2 is 1.77 bits per heavy atom. The third kappa shape index (κ3) is 5.82. The number of aromatic nitrogens is 4. The van der Waals surface area contributed by atoms with Crippen molar-refractivity contribution < 1.29 is 18.3 Å². The van der Waals surface area contributed by atoms with Gasteiger partial charge in [-0.2, -0.15) is 9.97 Å². The van der Waals surface area contributed by atoms with Gasteiger partial charge in [-0.1, -0.05) is 12.1 Å². The molecule has 0 saturated carbocycles. The zero-order valence-electron chi connectivity index (χ0n) is 23.0. The monoisotopic (exact) mass is 565 g/mol. The van der Waals surface area contributed by atoms with E-state index in [9.17, 15) is 13.5 Å². The van der Waals surface area contributed by atoms with Crippen LogP contribution in [-0.4, -0.2) is 64.0 Å². The Morgan fingerprint density at radius 3 is 2.50 bits per heavy atom. The summed E-state index contributed by atoms with van der Waals surface area (Å²) in [5.41, 5.74) is 3.07. The maximum atomic E-state index is 13.0. The summed E-state index contributed by atoms with van der Waals surface area (Å²) in [7, 11) is -3.54. The smallest absolute Gasteiger partial charge is 0.231 e. The minimum Gasteiger partial charge on any atom is -0.489 e. The number of hydrogen-bond acceptors (Lipinski definition) is 10. The molecule has 0 atom stereocenters. The highest BCUT2D eigenvalue weighted by Gasteiger charge is 2.24. The fourth-order valence-electron chi connectivity index (χ4n) is 4.59. The summed E-state index contributed by atoms with van der Waals surface area (Å²) in [5.74, 6) is 1.30. The Balaban J connectivity index is 1.49. The number of aromatic amines is 1. The van der Waals surface area contributed by atoms with Crippen LogP contribution in [0.3, 0.4) is 0 Å². The topological polar surface area (TPSA) is 145 Å². The molecular weight excluding hydrogens is 530 g/mol. The number of benzene rings is 2. The lowest BCUT2D eigenvalue weighted by molar-refractivity contribution is 0.145. The second-order valence-electron chi connectivity index (χ2n) is 10.4. The van der Waals surface area contributed by atoms with Crippen molar-refractivity contribution in [1.82, 2.24) is 19.9 Å². The van der Waals surface area contributed by atoms with Crippen LogP contribution in [-0.2, 0) is 9.84 Å². The van der Waals surface area contributed by atoms with Crippen LogP contribution in [0.1, 0.15) is 40.5 Å². The SMILES string of the molecule is CC(C)Oc1cc(N2CCC(O)CC2)ccc1Nc1nc(Nc2ccccc2S(=O)(=O)C(C)C)c2[nH]cnc2n1. The van der Waals surface area contributed by atoms with Crippen molar-refractivity contribution in [2.75, 3.05) is 28.6 Å². The number of fused-ring (bicyclic) bond motifs is 1. The third-order valence-corrected chi connectivity index (χ3v) is 8.97. The second-order valence-corrected chi connectivity index (χ2v) is 12.9. The zero-order valence-corrected chi connectivity index (χ0v) is 23.9. The van der Waals surface area contributed by atoms with Gasteiger partial charge >= 0.3 is 0 Å².